The summed E-state index contributed by atoms with van der Waals surface area (Å²) >= 11 is 0. The third kappa shape index (κ3) is 4.11. The van der Waals surface area contributed by atoms with E-state index >= 15 is 0 Å². The van der Waals surface area contributed by atoms with Crippen molar-refractivity contribution < 1.29 is 13.2 Å². The number of hydrogen-bond donors (Lipinski definition) is 1. The summed E-state index contributed by atoms with van der Waals surface area (Å²) in [6, 6.07) is 7.51. The van der Waals surface area contributed by atoms with Gasteiger partial charge in [0.25, 0.3) is 10.2 Å². The molecule has 3 rings (SSSR count). The van der Waals surface area contributed by atoms with Crippen LogP contribution in [0.3, 0.4) is 0 Å². The topological polar surface area (TPSA) is 61.9 Å². The third-order valence-corrected chi connectivity index (χ3v) is 7.19. The van der Waals surface area contributed by atoms with Crippen molar-refractivity contribution in [2.24, 2.45) is 0 Å². The van der Waals surface area contributed by atoms with Crippen LogP contribution >= 0.6 is 12.4 Å². The molecule has 2 unspecified atom stereocenters. The summed E-state index contributed by atoms with van der Waals surface area (Å²) in [5, 5.41) is 3.32. The highest BCUT2D eigenvalue weighted by molar-refractivity contribution is 7.86. The summed E-state index contributed by atoms with van der Waals surface area (Å²) in [7, 11) is -1.86. The Kier molecular flexibility index (Phi) is 7.10. The van der Waals surface area contributed by atoms with Crippen LogP contribution in [0.25, 0.3) is 0 Å². The van der Waals surface area contributed by atoms with Gasteiger partial charge in [-0.05, 0) is 25.8 Å². The van der Waals surface area contributed by atoms with Crippen LogP contribution in [-0.4, -0.2) is 56.4 Å². The number of benzene rings is 1. The molecule has 1 aromatic carbocycles. The lowest BCUT2D eigenvalue weighted by Gasteiger charge is -2.41. The first-order valence-electron chi connectivity index (χ1n) is 8.68. The molecule has 0 amide bonds. The van der Waals surface area contributed by atoms with Gasteiger partial charge in [-0.25, -0.2) is 0 Å². The van der Waals surface area contributed by atoms with Crippen LogP contribution in [0.4, 0.5) is 0 Å². The van der Waals surface area contributed by atoms with Gasteiger partial charge in [-0.1, -0.05) is 24.6 Å². The molecule has 2 saturated heterocycles. The average Bonchev–Trinajstić information content (AvgIpc) is 2.62. The van der Waals surface area contributed by atoms with E-state index in [4.69, 9.17) is 4.74 Å². The SMILES string of the molecule is COc1ccccc1C1CNCCN1S(=O)(=O)N1CCCCC1C.Cl. The fourth-order valence-corrected chi connectivity index (χ4v) is 5.74. The maximum absolute atomic E-state index is 13.3. The largest absolute Gasteiger partial charge is 0.496 e. The van der Waals surface area contributed by atoms with E-state index in [0.717, 1.165) is 30.6 Å². The number of piperidine rings is 1. The van der Waals surface area contributed by atoms with Crippen LogP contribution < -0.4 is 10.1 Å². The molecule has 2 heterocycles. The number of methoxy groups -OCH3 is 1. The number of nitrogens with one attached hydrogen (secondary N) is 1. The van der Waals surface area contributed by atoms with Crippen LogP contribution in [0.5, 0.6) is 5.75 Å². The molecule has 0 saturated carbocycles. The molecule has 0 aromatic heterocycles. The predicted octanol–water partition coefficient (Wildman–Crippen LogP) is 2.18. The van der Waals surface area contributed by atoms with Gasteiger partial charge in [0.05, 0.1) is 13.2 Å². The predicted molar refractivity (Wildman–Crippen MR) is 101 cm³/mol. The molecule has 0 spiro atoms. The summed E-state index contributed by atoms with van der Waals surface area (Å²) in [4.78, 5) is 0. The van der Waals surface area contributed by atoms with Crippen LogP contribution in [0.1, 0.15) is 37.8 Å². The Bertz CT molecular complexity index is 671. The van der Waals surface area contributed by atoms with Crippen molar-refractivity contribution in [1.29, 1.82) is 0 Å². The number of halogens is 1. The highest BCUT2D eigenvalue weighted by Crippen LogP contribution is 2.34. The Morgan fingerprint density at radius 2 is 1.92 bits per heavy atom. The first-order chi connectivity index (χ1) is 11.6. The van der Waals surface area contributed by atoms with Crippen molar-refractivity contribution in [2.75, 3.05) is 33.3 Å². The zero-order valence-electron chi connectivity index (χ0n) is 14.8. The zero-order chi connectivity index (χ0) is 17.2. The van der Waals surface area contributed by atoms with Crippen molar-refractivity contribution >= 4 is 22.6 Å². The first kappa shape index (κ1) is 20.5. The van der Waals surface area contributed by atoms with Crippen molar-refractivity contribution in [3.8, 4) is 5.75 Å². The smallest absolute Gasteiger partial charge is 0.282 e. The van der Waals surface area contributed by atoms with Crippen molar-refractivity contribution in [1.82, 2.24) is 13.9 Å². The van der Waals surface area contributed by atoms with Gasteiger partial charge in [-0.15, -0.1) is 12.4 Å². The van der Waals surface area contributed by atoms with Gasteiger partial charge in [-0.2, -0.15) is 17.0 Å². The second-order valence-corrected chi connectivity index (χ2v) is 8.37. The van der Waals surface area contributed by atoms with Gasteiger partial charge in [0.2, 0.25) is 0 Å². The van der Waals surface area contributed by atoms with Crippen molar-refractivity contribution in [3.63, 3.8) is 0 Å². The molecule has 1 N–H and O–H groups in total. The molecule has 6 nitrogen and oxygen atoms in total. The van der Waals surface area contributed by atoms with E-state index in [1.807, 2.05) is 31.2 Å². The molecular weight excluding hydrogens is 362 g/mol. The quantitative estimate of drug-likeness (QED) is 0.857. The Labute approximate surface area is 157 Å². The standard InChI is InChI=1S/C17H27N3O3S.ClH/c1-14-7-5-6-11-19(14)24(21,22)20-12-10-18-13-16(20)15-8-3-4-9-17(15)23-2;/h3-4,8-9,14,16,18H,5-7,10-13H2,1-2H3;1H. The van der Waals surface area contributed by atoms with Gasteiger partial charge in [0.1, 0.15) is 5.75 Å². The summed E-state index contributed by atoms with van der Waals surface area (Å²) < 4.78 is 35.4. The maximum Gasteiger partial charge on any atom is 0.282 e. The molecule has 2 aliphatic heterocycles. The van der Waals surface area contributed by atoms with Crippen LogP contribution in [-0.2, 0) is 10.2 Å². The number of ether oxygens (including phenoxy) is 1. The highest BCUT2D eigenvalue weighted by atomic mass is 35.5. The van der Waals surface area contributed by atoms with E-state index in [0.29, 0.717) is 26.2 Å². The number of para-hydroxylation sites is 1. The Hall–Kier alpha value is -0.860. The van der Waals surface area contributed by atoms with Crippen LogP contribution in [0.2, 0.25) is 0 Å². The average molecular weight is 390 g/mol. The van der Waals surface area contributed by atoms with E-state index in [1.54, 1.807) is 15.7 Å². The lowest BCUT2D eigenvalue weighted by molar-refractivity contribution is 0.208. The number of hydrogen-bond acceptors (Lipinski definition) is 4. The molecule has 0 bridgehead atoms. The maximum atomic E-state index is 13.3. The van der Waals surface area contributed by atoms with Gasteiger partial charge in [0.15, 0.2) is 0 Å². The van der Waals surface area contributed by atoms with Crippen LogP contribution in [0.15, 0.2) is 24.3 Å². The Balaban J connectivity index is 0.00000225. The minimum absolute atomic E-state index is 0. The molecule has 1 aromatic rings. The summed E-state index contributed by atoms with van der Waals surface area (Å²) in [6.07, 6.45) is 2.98. The lowest BCUT2D eigenvalue weighted by atomic mass is 10.0. The minimum Gasteiger partial charge on any atom is -0.496 e. The number of nitrogens with zero attached hydrogens (tertiary/aromatic N) is 2. The van der Waals surface area contributed by atoms with E-state index in [2.05, 4.69) is 5.32 Å². The molecule has 25 heavy (non-hydrogen) atoms. The highest BCUT2D eigenvalue weighted by Gasteiger charge is 2.40. The zero-order valence-corrected chi connectivity index (χ0v) is 16.5. The third-order valence-electron chi connectivity index (χ3n) is 5.03. The second kappa shape index (κ2) is 8.68. The second-order valence-electron chi connectivity index (χ2n) is 6.54. The van der Waals surface area contributed by atoms with Gasteiger partial charge < -0.3 is 10.1 Å². The van der Waals surface area contributed by atoms with E-state index in [9.17, 15) is 8.42 Å². The van der Waals surface area contributed by atoms with Crippen LogP contribution in [0, 0.1) is 0 Å². The molecule has 2 fully saturated rings. The van der Waals surface area contributed by atoms with Gasteiger partial charge in [0, 0.05) is 37.8 Å². The normalized spacial score (nSPS) is 26.0. The molecule has 2 aliphatic rings. The molecule has 2 atom stereocenters. The summed E-state index contributed by atoms with van der Waals surface area (Å²) in [5.74, 6) is 0.734. The van der Waals surface area contributed by atoms with Crippen molar-refractivity contribution in [2.45, 2.75) is 38.3 Å². The monoisotopic (exact) mass is 389 g/mol. The fraction of sp³-hybridized carbons (Fsp3) is 0.647. The molecule has 0 aliphatic carbocycles. The number of piperazine rings is 1. The molecule has 142 valence electrons. The minimum atomic E-state index is -3.49. The van der Waals surface area contributed by atoms with E-state index in [1.165, 1.54) is 0 Å². The van der Waals surface area contributed by atoms with Gasteiger partial charge in [-0.3, -0.25) is 0 Å². The molecular formula is C17H28ClN3O3S. The lowest BCUT2D eigenvalue weighted by Crippen LogP contribution is -2.55. The molecule has 8 heteroatoms. The first-order valence-corrected chi connectivity index (χ1v) is 10.1. The van der Waals surface area contributed by atoms with E-state index in [-0.39, 0.29) is 24.5 Å². The molecule has 0 radical (unpaired) electrons. The number of rotatable bonds is 4. The Morgan fingerprint density at radius 1 is 1.16 bits per heavy atom. The van der Waals surface area contributed by atoms with Crippen molar-refractivity contribution in [3.05, 3.63) is 29.8 Å². The Morgan fingerprint density at radius 3 is 2.64 bits per heavy atom. The summed E-state index contributed by atoms with van der Waals surface area (Å²) in [6.45, 7) is 4.38. The van der Waals surface area contributed by atoms with Gasteiger partial charge >= 0.3 is 0 Å². The fourth-order valence-electron chi connectivity index (χ4n) is 3.72. The van der Waals surface area contributed by atoms with E-state index < -0.39 is 10.2 Å². The summed E-state index contributed by atoms with van der Waals surface area (Å²) in [5.41, 5.74) is 0.917.